The van der Waals surface area contributed by atoms with Crippen molar-refractivity contribution in [1.82, 2.24) is 4.98 Å². The van der Waals surface area contributed by atoms with Crippen molar-refractivity contribution in [2.24, 2.45) is 5.92 Å². The normalized spacial score (nSPS) is 22.6. The third kappa shape index (κ3) is 2.32. The Balaban J connectivity index is 2.09. The Hall–Kier alpha value is -1.80. The summed E-state index contributed by atoms with van der Waals surface area (Å²) in [5.74, 6) is 1.13. The van der Waals surface area contributed by atoms with Gasteiger partial charge in [0.2, 0.25) is 0 Å². The molecule has 1 aliphatic rings. The monoisotopic (exact) mass is 232 g/mol. The molecule has 90 valence electrons. The summed E-state index contributed by atoms with van der Waals surface area (Å²) in [5, 5.41) is 18.1. The van der Waals surface area contributed by atoms with Gasteiger partial charge in [0.15, 0.2) is 5.82 Å². The molecule has 1 aromatic rings. The van der Waals surface area contributed by atoms with Gasteiger partial charge in [0.05, 0.1) is 17.4 Å². The first-order chi connectivity index (χ1) is 8.11. The molecular formula is C12H16N4O. The molecule has 1 aromatic heterocycles. The van der Waals surface area contributed by atoms with Gasteiger partial charge < -0.3 is 15.7 Å². The molecule has 0 aromatic carbocycles. The van der Waals surface area contributed by atoms with Crippen LogP contribution in [-0.4, -0.2) is 29.8 Å². The molecule has 0 bridgehead atoms. The molecule has 5 nitrogen and oxygen atoms in total. The molecule has 0 spiro atoms. The van der Waals surface area contributed by atoms with Gasteiger partial charge in [0, 0.05) is 19.8 Å². The largest absolute Gasteiger partial charge is 0.395 e. The molecule has 1 saturated carbocycles. The van der Waals surface area contributed by atoms with Crippen molar-refractivity contribution in [2.45, 2.75) is 18.9 Å². The molecule has 0 amide bonds. The van der Waals surface area contributed by atoms with Crippen molar-refractivity contribution in [3.63, 3.8) is 0 Å². The van der Waals surface area contributed by atoms with Gasteiger partial charge >= 0.3 is 0 Å². The van der Waals surface area contributed by atoms with Gasteiger partial charge in [-0.05, 0) is 24.8 Å². The number of aliphatic hydroxyl groups is 1. The van der Waals surface area contributed by atoms with E-state index in [1.54, 1.807) is 12.3 Å². The van der Waals surface area contributed by atoms with Crippen LogP contribution in [0.1, 0.15) is 18.4 Å². The highest BCUT2D eigenvalue weighted by Gasteiger charge is 2.28. The lowest BCUT2D eigenvalue weighted by Crippen LogP contribution is -2.37. The van der Waals surface area contributed by atoms with Crippen LogP contribution in [0.2, 0.25) is 0 Å². The van der Waals surface area contributed by atoms with Gasteiger partial charge in [-0.3, -0.25) is 0 Å². The quantitative estimate of drug-likeness (QED) is 0.802. The van der Waals surface area contributed by atoms with E-state index in [1.807, 2.05) is 18.0 Å². The van der Waals surface area contributed by atoms with Crippen LogP contribution in [0.25, 0.3) is 0 Å². The molecule has 0 saturated heterocycles. The third-order valence-corrected chi connectivity index (χ3v) is 3.19. The summed E-state index contributed by atoms with van der Waals surface area (Å²) in [6, 6.07) is 3.66. The van der Waals surface area contributed by atoms with E-state index in [1.165, 1.54) is 0 Å². The zero-order valence-electron chi connectivity index (χ0n) is 9.80. The molecule has 0 atom stereocenters. The number of nitrogen functional groups attached to an aromatic ring is 1. The van der Waals surface area contributed by atoms with Gasteiger partial charge in [-0.25, -0.2) is 4.98 Å². The molecule has 0 radical (unpaired) electrons. The van der Waals surface area contributed by atoms with Crippen LogP contribution in [0.5, 0.6) is 0 Å². The van der Waals surface area contributed by atoms with E-state index >= 15 is 0 Å². The van der Waals surface area contributed by atoms with Gasteiger partial charge in [0.25, 0.3) is 0 Å². The van der Waals surface area contributed by atoms with E-state index in [-0.39, 0.29) is 6.10 Å². The van der Waals surface area contributed by atoms with Gasteiger partial charge in [-0.1, -0.05) is 0 Å². The molecular weight excluding hydrogens is 216 g/mol. The second-order valence-corrected chi connectivity index (χ2v) is 4.58. The first-order valence-corrected chi connectivity index (χ1v) is 5.65. The molecule has 2 rings (SSSR count). The number of hydrogen-bond acceptors (Lipinski definition) is 5. The molecule has 1 heterocycles. The minimum atomic E-state index is -0.149. The van der Waals surface area contributed by atoms with E-state index in [4.69, 9.17) is 11.0 Å². The summed E-state index contributed by atoms with van der Waals surface area (Å²) in [4.78, 5) is 6.16. The topological polar surface area (TPSA) is 86.2 Å². The van der Waals surface area contributed by atoms with Crippen LogP contribution in [-0.2, 0) is 0 Å². The summed E-state index contributed by atoms with van der Waals surface area (Å²) < 4.78 is 0. The molecule has 0 unspecified atom stereocenters. The predicted molar refractivity (Wildman–Crippen MR) is 65.4 cm³/mol. The molecule has 3 N–H and O–H groups in total. The van der Waals surface area contributed by atoms with Crippen molar-refractivity contribution in [3.8, 4) is 6.07 Å². The molecule has 17 heavy (non-hydrogen) atoms. The van der Waals surface area contributed by atoms with E-state index in [0.717, 1.165) is 19.4 Å². The van der Waals surface area contributed by atoms with Gasteiger partial charge in [-0.2, -0.15) is 5.26 Å². The molecule has 1 aliphatic carbocycles. The number of aromatic nitrogens is 1. The van der Waals surface area contributed by atoms with Crippen LogP contribution in [0, 0.1) is 17.2 Å². The van der Waals surface area contributed by atoms with Crippen molar-refractivity contribution < 1.29 is 5.11 Å². The Morgan fingerprint density at radius 3 is 2.94 bits per heavy atom. The molecule has 1 fully saturated rings. The maximum Gasteiger partial charge on any atom is 0.152 e. The summed E-state index contributed by atoms with van der Waals surface area (Å²) >= 11 is 0. The number of nitriles is 1. The first kappa shape index (κ1) is 11.7. The average molecular weight is 232 g/mol. The smallest absolute Gasteiger partial charge is 0.152 e. The van der Waals surface area contributed by atoms with Crippen LogP contribution in [0.3, 0.4) is 0 Å². The SMILES string of the molecule is CN(CC1CC(O)C1)c1nccc(C#N)c1N. The van der Waals surface area contributed by atoms with E-state index < -0.39 is 0 Å². The minimum absolute atomic E-state index is 0.149. The maximum absolute atomic E-state index is 9.24. The lowest BCUT2D eigenvalue weighted by molar-refractivity contribution is 0.0464. The molecule has 0 aliphatic heterocycles. The Labute approximate surface area is 100 Å². The fourth-order valence-electron chi connectivity index (χ4n) is 2.19. The second kappa shape index (κ2) is 4.60. The first-order valence-electron chi connectivity index (χ1n) is 5.65. The van der Waals surface area contributed by atoms with Crippen molar-refractivity contribution in [3.05, 3.63) is 17.8 Å². The van der Waals surface area contributed by atoms with E-state index in [2.05, 4.69) is 4.98 Å². The van der Waals surface area contributed by atoms with Crippen molar-refractivity contribution in [1.29, 1.82) is 5.26 Å². The van der Waals surface area contributed by atoms with E-state index in [9.17, 15) is 5.11 Å². The highest BCUT2D eigenvalue weighted by atomic mass is 16.3. The van der Waals surface area contributed by atoms with Gasteiger partial charge in [-0.15, -0.1) is 0 Å². The number of nitrogens with two attached hydrogens (primary N) is 1. The highest BCUT2D eigenvalue weighted by molar-refractivity contribution is 5.69. The fraction of sp³-hybridized carbons (Fsp3) is 0.500. The lowest BCUT2D eigenvalue weighted by Gasteiger charge is -2.35. The number of pyridine rings is 1. The number of hydrogen-bond donors (Lipinski definition) is 2. The standard InChI is InChI=1S/C12H16N4O/c1-16(7-8-4-10(17)5-8)12-11(14)9(6-13)2-3-15-12/h2-3,8,10,17H,4-5,7,14H2,1H3. The molecule has 5 heteroatoms. The summed E-state index contributed by atoms with van der Waals surface area (Å²) in [6.07, 6.45) is 3.12. The minimum Gasteiger partial charge on any atom is -0.395 e. The lowest BCUT2D eigenvalue weighted by atomic mass is 9.82. The highest BCUT2D eigenvalue weighted by Crippen LogP contribution is 2.30. The zero-order valence-corrected chi connectivity index (χ0v) is 9.80. The predicted octanol–water partition coefficient (Wildman–Crippen LogP) is 0.743. The average Bonchev–Trinajstić information content (AvgIpc) is 2.27. The van der Waals surface area contributed by atoms with E-state index in [0.29, 0.717) is 23.0 Å². The van der Waals surface area contributed by atoms with Crippen LogP contribution < -0.4 is 10.6 Å². The Bertz CT molecular complexity index is 448. The summed E-state index contributed by atoms with van der Waals surface area (Å²) in [6.45, 7) is 0.809. The van der Waals surface area contributed by atoms with Gasteiger partial charge in [0.1, 0.15) is 6.07 Å². The number of aliphatic hydroxyl groups excluding tert-OH is 1. The van der Waals surface area contributed by atoms with Crippen LogP contribution in [0.15, 0.2) is 12.3 Å². The summed E-state index contributed by atoms with van der Waals surface area (Å²) in [7, 11) is 1.91. The third-order valence-electron chi connectivity index (χ3n) is 3.19. The summed E-state index contributed by atoms with van der Waals surface area (Å²) in [5.41, 5.74) is 6.76. The number of nitrogens with zero attached hydrogens (tertiary/aromatic N) is 3. The second-order valence-electron chi connectivity index (χ2n) is 4.58. The Kier molecular flexibility index (Phi) is 3.16. The number of anilines is 2. The maximum atomic E-state index is 9.24. The van der Waals surface area contributed by atoms with Crippen LogP contribution in [0.4, 0.5) is 11.5 Å². The fourth-order valence-corrected chi connectivity index (χ4v) is 2.19. The Morgan fingerprint density at radius 1 is 1.65 bits per heavy atom. The number of rotatable bonds is 3. The van der Waals surface area contributed by atoms with Crippen molar-refractivity contribution >= 4 is 11.5 Å². The Morgan fingerprint density at radius 2 is 2.35 bits per heavy atom. The van der Waals surface area contributed by atoms with Crippen LogP contribution >= 0.6 is 0 Å². The van der Waals surface area contributed by atoms with Crippen molar-refractivity contribution in [2.75, 3.05) is 24.2 Å². The zero-order chi connectivity index (χ0) is 12.4.